The summed E-state index contributed by atoms with van der Waals surface area (Å²) in [6.07, 6.45) is 5.04. The molecule has 0 unspecified atom stereocenters. The number of rotatable bonds is 3. The highest BCUT2D eigenvalue weighted by molar-refractivity contribution is 14.0. The van der Waals surface area contributed by atoms with Gasteiger partial charge in [0.15, 0.2) is 5.96 Å². The standard InChI is InChI=1S/C16H25N3O.HI/c1-13-9-14(11-15(10-13)20-2)12-18-16(17)19-7-5-3-4-6-8-19;/h9-11H,3-8,12H2,1-2H3,(H2,17,18);1H. The molecule has 1 saturated heterocycles. The van der Waals surface area contributed by atoms with Crippen molar-refractivity contribution in [1.29, 1.82) is 0 Å². The summed E-state index contributed by atoms with van der Waals surface area (Å²) in [4.78, 5) is 6.75. The first-order valence-electron chi connectivity index (χ1n) is 7.38. The molecule has 0 aromatic heterocycles. The molecule has 118 valence electrons. The number of hydrogen-bond donors (Lipinski definition) is 1. The largest absolute Gasteiger partial charge is 0.497 e. The molecular weight excluding hydrogens is 377 g/mol. The van der Waals surface area contributed by atoms with E-state index in [4.69, 9.17) is 10.5 Å². The van der Waals surface area contributed by atoms with Gasteiger partial charge in [-0.25, -0.2) is 4.99 Å². The Hall–Kier alpha value is -0.980. The minimum atomic E-state index is 0. The van der Waals surface area contributed by atoms with Crippen LogP contribution in [-0.4, -0.2) is 31.1 Å². The smallest absolute Gasteiger partial charge is 0.191 e. The molecule has 0 radical (unpaired) electrons. The van der Waals surface area contributed by atoms with Crippen LogP contribution in [0.5, 0.6) is 5.75 Å². The van der Waals surface area contributed by atoms with E-state index < -0.39 is 0 Å². The molecule has 0 atom stereocenters. The van der Waals surface area contributed by atoms with E-state index in [2.05, 4.69) is 22.9 Å². The van der Waals surface area contributed by atoms with Crippen LogP contribution in [0.1, 0.15) is 36.8 Å². The highest BCUT2D eigenvalue weighted by atomic mass is 127. The van der Waals surface area contributed by atoms with Crippen LogP contribution in [0.15, 0.2) is 23.2 Å². The summed E-state index contributed by atoms with van der Waals surface area (Å²) in [5.41, 5.74) is 8.44. The topological polar surface area (TPSA) is 50.9 Å². The van der Waals surface area contributed by atoms with E-state index >= 15 is 0 Å². The Morgan fingerprint density at radius 3 is 2.48 bits per heavy atom. The van der Waals surface area contributed by atoms with Crippen molar-refractivity contribution < 1.29 is 4.74 Å². The Morgan fingerprint density at radius 2 is 1.86 bits per heavy atom. The Kier molecular flexibility index (Phi) is 7.85. The summed E-state index contributed by atoms with van der Waals surface area (Å²) in [7, 11) is 1.69. The fourth-order valence-electron chi connectivity index (χ4n) is 2.61. The van der Waals surface area contributed by atoms with Gasteiger partial charge in [0.05, 0.1) is 13.7 Å². The van der Waals surface area contributed by atoms with Crippen LogP contribution in [0.25, 0.3) is 0 Å². The normalized spacial score (nSPS) is 16.1. The molecule has 2 N–H and O–H groups in total. The molecule has 0 amide bonds. The zero-order chi connectivity index (χ0) is 14.4. The first-order chi connectivity index (χ1) is 9.69. The van der Waals surface area contributed by atoms with Crippen LogP contribution >= 0.6 is 24.0 Å². The summed E-state index contributed by atoms with van der Waals surface area (Å²) in [5.74, 6) is 1.55. The third-order valence-corrected chi connectivity index (χ3v) is 3.70. The molecular formula is C16H26IN3O. The van der Waals surface area contributed by atoms with Gasteiger partial charge in [0, 0.05) is 13.1 Å². The Balaban J connectivity index is 0.00000220. The van der Waals surface area contributed by atoms with Gasteiger partial charge in [-0.1, -0.05) is 18.9 Å². The molecule has 21 heavy (non-hydrogen) atoms. The number of halogens is 1. The quantitative estimate of drug-likeness (QED) is 0.479. The summed E-state index contributed by atoms with van der Waals surface area (Å²) in [5, 5.41) is 0. The van der Waals surface area contributed by atoms with Gasteiger partial charge in [-0.3, -0.25) is 0 Å². The molecule has 0 spiro atoms. The number of nitrogens with zero attached hydrogens (tertiary/aromatic N) is 2. The van der Waals surface area contributed by atoms with Crippen LogP contribution in [0.3, 0.4) is 0 Å². The van der Waals surface area contributed by atoms with E-state index in [-0.39, 0.29) is 24.0 Å². The number of aryl methyl sites for hydroxylation is 1. The summed E-state index contributed by atoms with van der Waals surface area (Å²) >= 11 is 0. The first-order valence-corrected chi connectivity index (χ1v) is 7.38. The average Bonchev–Trinajstić information content (AvgIpc) is 2.73. The summed E-state index contributed by atoms with van der Waals surface area (Å²) in [6.45, 7) is 4.74. The lowest BCUT2D eigenvalue weighted by Gasteiger charge is -2.21. The van der Waals surface area contributed by atoms with E-state index in [9.17, 15) is 0 Å². The van der Waals surface area contributed by atoms with Crippen molar-refractivity contribution in [3.8, 4) is 5.75 Å². The van der Waals surface area contributed by atoms with Gasteiger partial charge in [0.1, 0.15) is 5.75 Å². The monoisotopic (exact) mass is 403 g/mol. The molecule has 1 aromatic rings. The molecule has 1 aliphatic rings. The fourth-order valence-corrected chi connectivity index (χ4v) is 2.61. The van der Waals surface area contributed by atoms with Crippen LogP contribution in [0.2, 0.25) is 0 Å². The van der Waals surface area contributed by atoms with E-state index in [1.807, 2.05) is 12.1 Å². The Bertz CT molecular complexity index is 469. The molecule has 0 bridgehead atoms. The van der Waals surface area contributed by atoms with Crippen LogP contribution in [-0.2, 0) is 6.54 Å². The minimum Gasteiger partial charge on any atom is -0.497 e. The number of methoxy groups -OCH3 is 1. The highest BCUT2D eigenvalue weighted by Crippen LogP contribution is 2.17. The third-order valence-electron chi connectivity index (χ3n) is 3.70. The van der Waals surface area contributed by atoms with Crippen molar-refractivity contribution in [1.82, 2.24) is 4.90 Å². The number of benzene rings is 1. The van der Waals surface area contributed by atoms with E-state index in [1.165, 1.54) is 31.2 Å². The van der Waals surface area contributed by atoms with E-state index in [0.29, 0.717) is 12.5 Å². The molecule has 2 rings (SSSR count). The predicted molar refractivity (Wildman–Crippen MR) is 98.5 cm³/mol. The van der Waals surface area contributed by atoms with Gasteiger partial charge >= 0.3 is 0 Å². The minimum absolute atomic E-state index is 0. The van der Waals surface area contributed by atoms with Crippen LogP contribution < -0.4 is 10.5 Å². The van der Waals surface area contributed by atoms with Crippen molar-refractivity contribution >= 4 is 29.9 Å². The van der Waals surface area contributed by atoms with Crippen LogP contribution in [0.4, 0.5) is 0 Å². The second kappa shape index (κ2) is 9.12. The zero-order valence-corrected chi connectivity index (χ0v) is 15.3. The van der Waals surface area contributed by atoms with Crippen molar-refractivity contribution in [2.75, 3.05) is 20.2 Å². The second-order valence-electron chi connectivity index (χ2n) is 5.43. The molecule has 1 heterocycles. The zero-order valence-electron chi connectivity index (χ0n) is 13.0. The molecule has 0 aliphatic carbocycles. The van der Waals surface area contributed by atoms with Crippen molar-refractivity contribution in [2.45, 2.75) is 39.2 Å². The van der Waals surface area contributed by atoms with Gasteiger partial charge in [0.2, 0.25) is 0 Å². The van der Waals surface area contributed by atoms with Crippen molar-refractivity contribution in [3.63, 3.8) is 0 Å². The Labute approximate surface area is 144 Å². The number of aliphatic imine (C=N–C) groups is 1. The number of ether oxygens (including phenoxy) is 1. The van der Waals surface area contributed by atoms with Gasteiger partial charge in [-0.15, -0.1) is 24.0 Å². The second-order valence-corrected chi connectivity index (χ2v) is 5.43. The maximum Gasteiger partial charge on any atom is 0.191 e. The predicted octanol–water partition coefficient (Wildman–Crippen LogP) is 3.31. The molecule has 0 saturated carbocycles. The highest BCUT2D eigenvalue weighted by Gasteiger charge is 2.10. The van der Waals surface area contributed by atoms with Crippen molar-refractivity contribution in [3.05, 3.63) is 29.3 Å². The summed E-state index contributed by atoms with van der Waals surface area (Å²) < 4.78 is 5.29. The number of nitrogens with two attached hydrogens (primary N) is 1. The van der Waals surface area contributed by atoms with Gasteiger partial charge in [0.25, 0.3) is 0 Å². The average molecular weight is 403 g/mol. The lowest BCUT2D eigenvalue weighted by Crippen LogP contribution is -2.38. The maximum atomic E-state index is 6.12. The molecule has 5 heteroatoms. The van der Waals surface area contributed by atoms with Crippen LogP contribution in [0, 0.1) is 6.92 Å². The summed E-state index contributed by atoms with van der Waals surface area (Å²) in [6, 6.07) is 6.17. The Morgan fingerprint density at radius 1 is 1.19 bits per heavy atom. The first kappa shape index (κ1) is 18.1. The number of hydrogen-bond acceptors (Lipinski definition) is 2. The lowest BCUT2D eigenvalue weighted by molar-refractivity contribution is 0.414. The number of guanidine groups is 1. The van der Waals surface area contributed by atoms with E-state index in [0.717, 1.165) is 24.4 Å². The molecule has 1 fully saturated rings. The van der Waals surface area contributed by atoms with Gasteiger partial charge in [-0.05, 0) is 43.0 Å². The SMILES string of the molecule is COc1cc(C)cc(CN=C(N)N2CCCCCC2)c1.I. The molecule has 1 aromatic carbocycles. The lowest BCUT2D eigenvalue weighted by atomic mass is 10.1. The van der Waals surface area contributed by atoms with Crippen molar-refractivity contribution in [2.24, 2.45) is 10.7 Å². The maximum absolute atomic E-state index is 6.12. The molecule has 1 aliphatic heterocycles. The third kappa shape index (κ3) is 5.73. The van der Waals surface area contributed by atoms with Gasteiger partial charge < -0.3 is 15.4 Å². The molecule has 4 nitrogen and oxygen atoms in total. The van der Waals surface area contributed by atoms with Gasteiger partial charge in [-0.2, -0.15) is 0 Å². The fraction of sp³-hybridized carbons (Fsp3) is 0.562. The number of likely N-dealkylation sites (tertiary alicyclic amines) is 1. The van der Waals surface area contributed by atoms with E-state index in [1.54, 1.807) is 7.11 Å².